The molecule has 0 radical (unpaired) electrons. The van der Waals surface area contributed by atoms with E-state index in [-0.39, 0.29) is 37.4 Å². The number of aryl methyl sites for hydroxylation is 1. The summed E-state index contributed by atoms with van der Waals surface area (Å²) in [6, 6.07) is 8.82. The summed E-state index contributed by atoms with van der Waals surface area (Å²) >= 11 is 0. The maximum absolute atomic E-state index is 13.6. The Bertz CT molecular complexity index is 1340. The summed E-state index contributed by atoms with van der Waals surface area (Å²) in [5, 5.41) is 17.0. The fraction of sp³-hybridized carbons (Fsp3) is 0.346. The molecule has 0 bridgehead atoms. The van der Waals surface area contributed by atoms with Crippen molar-refractivity contribution in [3.05, 3.63) is 82.2 Å². The maximum atomic E-state index is 13.6. The number of aromatic nitrogens is 3. The lowest BCUT2D eigenvalue weighted by Gasteiger charge is -2.32. The summed E-state index contributed by atoms with van der Waals surface area (Å²) in [6.07, 6.45) is 3.42. The lowest BCUT2D eigenvalue weighted by molar-refractivity contribution is -0.136. The van der Waals surface area contributed by atoms with Crippen LogP contribution in [0.25, 0.3) is 0 Å². The van der Waals surface area contributed by atoms with Gasteiger partial charge in [-0.3, -0.25) is 14.4 Å². The molecular formula is C26H25F2N5O4. The average molecular weight is 510 g/mol. The van der Waals surface area contributed by atoms with Gasteiger partial charge in [0.05, 0.1) is 18.2 Å². The highest BCUT2D eigenvalue weighted by molar-refractivity contribution is 5.99. The number of hydrogen-bond acceptors (Lipinski definition) is 5. The first kappa shape index (κ1) is 24.5. The van der Waals surface area contributed by atoms with Gasteiger partial charge in [-0.15, -0.1) is 5.10 Å². The van der Waals surface area contributed by atoms with Gasteiger partial charge in [0.25, 0.3) is 11.8 Å². The summed E-state index contributed by atoms with van der Waals surface area (Å²) in [5.41, 5.74) is 2.51. The minimum atomic E-state index is -0.938. The zero-order valence-corrected chi connectivity index (χ0v) is 19.9. The van der Waals surface area contributed by atoms with Gasteiger partial charge >= 0.3 is 5.97 Å². The molecule has 1 aromatic heterocycles. The molecule has 1 saturated heterocycles. The van der Waals surface area contributed by atoms with Crippen molar-refractivity contribution in [1.82, 2.24) is 24.8 Å². The molecule has 3 heterocycles. The molecule has 5 rings (SSSR count). The predicted molar refractivity (Wildman–Crippen MR) is 127 cm³/mol. The Morgan fingerprint density at radius 3 is 2.11 bits per heavy atom. The average Bonchev–Trinajstić information content (AvgIpc) is 3.54. The molecule has 1 fully saturated rings. The first-order chi connectivity index (χ1) is 17.8. The fourth-order valence-corrected chi connectivity index (χ4v) is 4.86. The number of fused-ring (bicyclic) bond motifs is 1. The van der Waals surface area contributed by atoms with E-state index in [0.29, 0.717) is 60.3 Å². The van der Waals surface area contributed by atoms with Crippen LogP contribution in [0, 0.1) is 11.6 Å². The summed E-state index contributed by atoms with van der Waals surface area (Å²) in [5.74, 6) is -3.25. The van der Waals surface area contributed by atoms with E-state index < -0.39 is 17.6 Å². The van der Waals surface area contributed by atoms with E-state index in [9.17, 15) is 23.2 Å². The summed E-state index contributed by atoms with van der Waals surface area (Å²) in [6.45, 7) is 1.36. The number of halogens is 2. The van der Waals surface area contributed by atoms with E-state index in [0.717, 1.165) is 12.1 Å². The molecule has 2 aliphatic rings. The van der Waals surface area contributed by atoms with Gasteiger partial charge in [-0.1, -0.05) is 11.3 Å². The number of amides is 2. The molecule has 2 amide bonds. The number of piperidine rings is 1. The van der Waals surface area contributed by atoms with Crippen molar-refractivity contribution in [1.29, 1.82) is 0 Å². The molecular weight excluding hydrogens is 484 g/mol. The summed E-state index contributed by atoms with van der Waals surface area (Å²) in [7, 11) is 0. The number of carboxylic acids is 1. The number of rotatable bonds is 6. The Labute approximate surface area is 211 Å². The van der Waals surface area contributed by atoms with E-state index in [1.54, 1.807) is 40.0 Å². The van der Waals surface area contributed by atoms with Crippen LogP contribution in [0.2, 0.25) is 0 Å². The first-order valence-electron chi connectivity index (χ1n) is 12.1. The summed E-state index contributed by atoms with van der Waals surface area (Å²) < 4.78 is 28.9. The van der Waals surface area contributed by atoms with Crippen LogP contribution in [0.1, 0.15) is 62.8 Å². The molecule has 0 saturated carbocycles. The lowest BCUT2D eigenvalue weighted by atomic mass is 10.0. The maximum Gasteiger partial charge on any atom is 0.303 e. The van der Waals surface area contributed by atoms with Crippen molar-refractivity contribution < 1.29 is 28.3 Å². The number of aliphatic carboxylic acids is 1. The van der Waals surface area contributed by atoms with Gasteiger partial charge < -0.3 is 14.9 Å². The zero-order valence-electron chi connectivity index (χ0n) is 19.9. The number of nitrogens with zero attached hydrogens (tertiary/aromatic N) is 5. The molecule has 9 nitrogen and oxygen atoms in total. The standard InChI is InChI=1S/C26H25F2N5O4/c27-22-11-18-13-32(14-19(18)12-23(22)28)26(37)17-3-1-2-16(10-17)25(36)31-8-6-21(7-9-31)33-15-20(29-30-33)4-5-24(34)35/h1-3,10-12,15,21H,4-9,13-14H2,(H,34,35). The Hall–Kier alpha value is -4.15. The van der Waals surface area contributed by atoms with Gasteiger partial charge in [0.1, 0.15) is 0 Å². The molecule has 37 heavy (non-hydrogen) atoms. The van der Waals surface area contributed by atoms with Crippen LogP contribution >= 0.6 is 0 Å². The number of benzene rings is 2. The first-order valence-corrected chi connectivity index (χ1v) is 12.1. The molecule has 2 aliphatic heterocycles. The Balaban J connectivity index is 1.20. The van der Waals surface area contributed by atoms with Gasteiger partial charge in [-0.05, 0) is 54.3 Å². The van der Waals surface area contributed by atoms with Gasteiger partial charge in [0, 0.05) is 49.9 Å². The quantitative estimate of drug-likeness (QED) is 0.547. The fourth-order valence-electron chi connectivity index (χ4n) is 4.86. The van der Waals surface area contributed by atoms with E-state index in [1.807, 2.05) is 0 Å². The third-order valence-electron chi connectivity index (χ3n) is 6.89. The van der Waals surface area contributed by atoms with Gasteiger partial charge in [0.15, 0.2) is 11.6 Å². The molecule has 0 atom stereocenters. The van der Waals surface area contributed by atoms with Crippen LogP contribution in [0.5, 0.6) is 0 Å². The third-order valence-corrected chi connectivity index (χ3v) is 6.89. The zero-order chi connectivity index (χ0) is 26.1. The van der Waals surface area contributed by atoms with E-state index in [1.165, 1.54) is 4.90 Å². The molecule has 1 N–H and O–H groups in total. The van der Waals surface area contributed by atoms with Gasteiger partial charge in [-0.25, -0.2) is 13.5 Å². The minimum Gasteiger partial charge on any atom is -0.481 e. The second kappa shape index (κ2) is 10.1. The Morgan fingerprint density at radius 1 is 0.919 bits per heavy atom. The monoisotopic (exact) mass is 509 g/mol. The number of carbonyl (C=O) groups excluding carboxylic acids is 2. The van der Waals surface area contributed by atoms with E-state index in [2.05, 4.69) is 10.3 Å². The Morgan fingerprint density at radius 2 is 1.51 bits per heavy atom. The normalized spacial score (nSPS) is 15.6. The number of carbonyl (C=O) groups is 3. The second-order valence-electron chi connectivity index (χ2n) is 9.38. The molecule has 0 unspecified atom stereocenters. The number of likely N-dealkylation sites (tertiary alicyclic amines) is 1. The number of hydrogen-bond donors (Lipinski definition) is 1. The highest BCUT2D eigenvalue weighted by atomic mass is 19.2. The second-order valence-corrected chi connectivity index (χ2v) is 9.38. The van der Waals surface area contributed by atoms with Crippen molar-refractivity contribution in [2.75, 3.05) is 13.1 Å². The third kappa shape index (κ3) is 5.20. The highest BCUT2D eigenvalue weighted by Crippen LogP contribution is 2.27. The van der Waals surface area contributed by atoms with Crippen molar-refractivity contribution >= 4 is 17.8 Å². The van der Waals surface area contributed by atoms with E-state index >= 15 is 0 Å². The van der Waals surface area contributed by atoms with Crippen LogP contribution < -0.4 is 0 Å². The summed E-state index contributed by atoms with van der Waals surface area (Å²) in [4.78, 5) is 40.3. The van der Waals surface area contributed by atoms with Crippen molar-refractivity contribution in [2.24, 2.45) is 0 Å². The largest absolute Gasteiger partial charge is 0.481 e. The van der Waals surface area contributed by atoms with Crippen LogP contribution in [-0.2, 0) is 24.3 Å². The van der Waals surface area contributed by atoms with Gasteiger partial charge in [0.2, 0.25) is 0 Å². The topological polar surface area (TPSA) is 109 Å². The highest BCUT2D eigenvalue weighted by Gasteiger charge is 2.28. The predicted octanol–water partition coefficient (Wildman–Crippen LogP) is 3.21. The molecule has 192 valence electrons. The smallest absolute Gasteiger partial charge is 0.303 e. The Kier molecular flexibility index (Phi) is 6.68. The minimum absolute atomic E-state index is 0.00496. The molecule has 0 aliphatic carbocycles. The van der Waals surface area contributed by atoms with Crippen molar-refractivity contribution in [3.8, 4) is 0 Å². The molecule has 2 aromatic carbocycles. The van der Waals surface area contributed by atoms with Gasteiger partial charge in [-0.2, -0.15) is 0 Å². The van der Waals surface area contributed by atoms with Crippen LogP contribution in [0.15, 0.2) is 42.6 Å². The van der Waals surface area contributed by atoms with Crippen LogP contribution in [-0.4, -0.2) is 60.8 Å². The van der Waals surface area contributed by atoms with E-state index in [4.69, 9.17) is 5.11 Å². The van der Waals surface area contributed by atoms with Crippen LogP contribution in [0.3, 0.4) is 0 Å². The lowest BCUT2D eigenvalue weighted by Crippen LogP contribution is -2.39. The number of carboxylic acid groups (broad SMARTS) is 1. The van der Waals surface area contributed by atoms with Crippen molar-refractivity contribution in [3.63, 3.8) is 0 Å². The molecule has 0 spiro atoms. The molecule has 11 heteroatoms. The van der Waals surface area contributed by atoms with Crippen molar-refractivity contribution in [2.45, 2.75) is 44.8 Å². The SMILES string of the molecule is O=C(O)CCc1cn(C2CCN(C(=O)c3cccc(C(=O)N4Cc5cc(F)c(F)cc5C4)c3)CC2)nn1. The molecule has 3 aromatic rings. The van der Waals surface area contributed by atoms with Crippen LogP contribution in [0.4, 0.5) is 8.78 Å².